The van der Waals surface area contributed by atoms with Crippen LogP contribution in [0.15, 0.2) is 53.3 Å². The van der Waals surface area contributed by atoms with Gasteiger partial charge in [-0.2, -0.15) is 0 Å². The molecule has 0 aliphatic rings. The van der Waals surface area contributed by atoms with Crippen LogP contribution in [0.1, 0.15) is 35.3 Å². The first kappa shape index (κ1) is 21.3. The number of pyridine rings is 1. The largest absolute Gasteiger partial charge is 0.339 e. The summed E-state index contributed by atoms with van der Waals surface area (Å²) in [6.07, 6.45) is 0. The summed E-state index contributed by atoms with van der Waals surface area (Å²) in [4.78, 5) is 40.1. The Hall–Kier alpha value is -3.41. The van der Waals surface area contributed by atoms with E-state index in [1.807, 2.05) is 58.0 Å². The molecule has 6 nitrogen and oxygen atoms in total. The first-order chi connectivity index (χ1) is 14.3. The van der Waals surface area contributed by atoms with Crippen molar-refractivity contribution in [3.05, 3.63) is 75.6 Å². The second-order valence-electron chi connectivity index (χ2n) is 7.32. The summed E-state index contributed by atoms with van der Waals surface area (Å²) in [6.45, 7) is 8.79. The standard InChI is InChI=1S/C24H27N3O3/c1-5-26(6-2)24(30)20-14-23(29)27(21-10-8-7-9-19(20)21)15-22(28)25-18-12-11-16(3)17(4)13-18/h7-14H,5-6,15H2,1-4H3,(H,25,28). The van der Waals surface area contributed by atoms with E-state index in [0.29, 0.717) is 35.2 Å². The predicted molar refractivity (Wildman–Crippen MR) is 120 cm³/mol. The molecule has 0 saturated heterocycles. The Morgan fingerprint density at radius 3 is 2.33 bits per heavy atom. The van der Waals surface area contributed by atoms with E-state index in [1.54, 1.807) is 17.0 Å². The van der Waals surface area contributed by atoms with Crippen LogP contribution in [0.25, 0.3) is 10.9 Å². The zero-order chi connectivity index (χ0) is 21.8. The fourth-order valence-corrected chi connectivity index (χ4v) is 3.52. The molecule has 156 valence electrons. The fourth-order valence-electron chi connectivity index (χ4n) is 3.52. The van der Waals surface area contributed by atoms with Crippen LogP contribution < -0.4 is 10.9 Å². The van der Waals surface area contributed by atoms with Crippen molar-refractivity contribution in [2.24, 2.45) is 0 Å². The maximum absolute atomic E-state index is 12.9. The van der Waals surface area contributed by atoms with E-state index in [0.717, 1.165) is 11.1 Å². The van der Waals surface area contributed by atoms with Crippen LogP contribution in [-0.4, -0.2) is 34.4 Å². The van der Waals surface area contributed by atoms with Crippen LogP contribution in [0.5, 0.6) is 0 Å². The molecular formula is C24H27N3O3. The Balaban J connectivity index is 1.97. The van der Waals surface area contributed by atoms with Crippen LogP contribution in [-0.2, 0) is 11.3 Å². The SMILES string of the molecule is CCN(CC)C(=O)c1cc(=O)n(CC(=O)Nc2ccc(C)c(C)c2)c2ccccc12. The average Bonchev–Trinajstić information content (AvgIpc) is 2.73. The highest BCUT2D eigenvalue weighted by Gasteiger charge is 2.19. The number of aromatic nitrogens is 1. The third-order valence-electron chi connectivity index (χ3n) is 5.39. The Bertz CT molecular complexity index is 1160. The number of anilines is 1. The lowest BCUT2D eigenvalue weighted by atomic mass is 10.1. The van der Waals surface area contributed by atoms with Crippen molar-refractivity contribution in [1.82, 2.24) is 9.47 Å². The average molecular weight is 405 g/mol. The number of carbonyl (C=O) groups is 2. The summed E-state index contributed by atoms with van der Waals surface area (Å²) in [6, 6.07) is 14.2. The van der Waals surface area contributed by atoms with Crippen molar-refractivity contribution < 1.29 is 9.59 Å². The maximum atomic E-state index is 12.9. The molecule has 0 atom stereocenters. The van der Waals surface area contributed by atoms with Crippen molar-refractivity contribution in [3.63, 3.8) is 0 Å². The number of amides is 2. The lowest BCUT2D eigenvalue weighted by molar-refractivity contribution is -0.116. The van der Waals surface area contributed by atoms with Gasteiger partial charge in [0.05, 0.1) is 11.1 Å². The van der Waals surface area contributed by atoms with Gasteiger partial charge in [-0.15, -0.1) is 0 Å². The van der Waals surface area contributed by atoms with Crippen LogP contribution in [0, 0.1) is 13.8 Å². The van der Waals surface area contributed by atoms with Crippen LogP contribution in [0.4, 0.5) is 5.69 Å². The first-order valence-electron chi connectivity index (χ1n) is 10.1. The van der Waals surface area contributed by atoms with E-state index in [9.17, 15) is 14.4 Å². The number of rotatable bonds is 6. The van der Waals surface area contributed by atoms with E-state index in [-0.39, 0.29) is 23.9 Å². The molecular weight excluding hydrogens is 378 g/mol. The minimum Gasteiger partial charge on any atom is -0.339 e. The van der Waals surface area contributed by atoms with Crippen LogP contribution in [0.3, 0.4) is 0 Å². The second-order valence-corrected chi connectivity index (χ2v) is 7.32. The van der Waals surface area contributed by atoms with Gasteiger partial charge in [-0.25, -0.2) is 0 Å². The zero-order valence-corrected chi connectivity index (χ0v) is 17.9. The van der Waals surface area contributed by atoms with E-state index in [2.05, 4.69) is 5.32 Å². The number of hydrogen-bond donors (Lipinski definition) is 1. The van der Waals surface area contributed by atoms with Crippen LogP contribution in [0.2, 0.25) is 0 Å². The molecule has 2 amide bonds. The van der Waals surface area contributed by atoms with E-state index in [4.69, 9.17) is 0 Å². The van der Waals surface area contributed by atoms with Gasteiger partial charge in [-0.05, 0) is 57.0 Å². The number of hydrogen-bond acceptors (Lipinski definition) is 3. The van der Waals surface area contributed by atoms with Gasteiger partial charge in [0.2, 0.25) is 5.91 Å². The van der Waals surface area contributed by atoms with Crippen molar-refractivity contribution in [2.75, 3.05) is 18.4 Å². The number of nitrogens with zero attached hydrogens (tertiary/aromatic N) is 2. The molecule has 0 bridgehead atoms. The Morgan fingerprint density at radius 1 is 0.967 bits per heavy atom. The minimum atomic E-state index is -0.376. The quantitative estimate of drug-likeness (QED) is 0.679. The molecule has 0 unspecified atom stereocenters. The molecule has 0 fully saturated rings. The topological polar surface area (TPSA) is 71.4 Å². The van der Waals surface area contributed by atoms with E-state index >= 15 is 0 Å². The number of nitrogens with one attached hydrogen (secondary N) is 1. The molecule has 6 heteroatoms. The number of carbonyl (C=O) groups excluding carboxylic acids is 2. The predicted octanol–water partition coefficient (Wildman–Crippen LogP) is 3.74. The van der Waals surface area contributed by atoms with Gasteiger partial charge < -0.3 is 10.2 Å². The summed E-state index contributed by atoms with van der Waals surface area (Å²) in [7, 11) is 0. The number of benzene rings is 2. The Morgan fingerprint density at radius 2 is 1.67 bits per heavy atom. The monoisotopic (exact) mass is 405 g/mol. The highest BCUT2D eigenvalue weighted by atomic mass is 16.2. The van der Waals surface area contributed by atoms with Crippen molar-refractivity contribution in [1.29, 1.82) is 0 Å². The minimum absolute atomic E-state index is 0.133. The number of para-hydroxylation sites is 1. The normalized spacial score (nSPS) is 10.8. The zero-order valence-electron chi connectivity index (χ0n) is 17.9. The Labute approximate surface area is 176 Å². The summed E-state index contributed by atoms with van der Waals surface area (Å²) in [5.41, 5.74) is 3.47. The van der Waals surface area contributed by atoms with Crippen molar-refractivity contribution >= 4 is 28.4 Å². The first-order valence-corrected chi connectivity index (χ1v) is 10.1. The van der Waals surface area contributed by atoms with E-state index in [1.165, 1.54) is 10.6 Å². The highest BCUT2D eigenvalue weighted by molar-refractivity contribution is 6.06. The molecule has 3 rings (SSSR count). The lowest BCUT2D eigenvalue weighted by Gasteiger charge is -2.20. The van der Waals surface area contributed by atoms with Gasteiger partial charge in [0.1, 0.15) is 6.54 Å². The summed E-state index contributed by atoms with van der Waals surface area (Å²) >= 11 is 0. The van der Waals surface area contributed by atoms with Gasteiger partial charge in [0, 0.05) is 30.2 Å². The van der Waals surface area contributed by atoms with Gasteiger partial charge in [-0.3, -0.25) is 19.0 Å². The third kappa shape index (κ3) is 4.27. The molecule has 0 aliphatic heterocycles. The molecule has 1 heterocycles. The van der Waals surface area contributed by atoms with Gasteiger partial charge in [0.15, 0.2) is 0 Å². The molecule has 0 spiro atoms. The lowest BCUT2D eigenvalue weighted by Crippen LogP contribution is -2.33. The fraction of sp³-hybridized carbons (Fsp3) is 0.292. The summed E-state index contributed by atoms with van der Waals surface area (Å²) < 4.78 is 1.41. The molecule has 30 heavy (non-hydrogen) atoms. The number of aryl methyl sites for hydroxylation is 2. The summed E-state index contributed by atoms with van der Waals surface area (Å²) in [5, 5.41) is 3.51. The van der Waals surface area contributed by atoms with E-state index < -0.39 is 0 Å². The highest BCUT2D eigenvalue weighted by Crippen LogP contribution is 2.19. The van der Waals surface area contributed by atoms with Gasteiger partial charge in [-0.1, -0.05) is 24.3 Å². The number of fused-ring (bicyclic) bond motifs is 1. The van der Waals surface area contributed by atoms with Gasteiger partial charge in [0.25, 0.3) is 11.5 Å². The molecule has 1 N–H and O–H groups in total. The Kier molecular flexibility index (Phi) is 6.35. The van der Waals surface area contributed by atoms with Crippen molar-refractivity contribution in [3.8, 4) is 0 Å². The van der Waals surface area contributed by atoms with Gasteiger partial charge >= 0.3 is 0 Å². The molecule has 2 aromatic carbocycles. The smallest absolute Gasteiger partial charge is 0.254 e. The third-order valence-corrected chi connectivity index (χ3v) is 5.39. The molecule has 3 aromatic rings. The summed E-state index contributed by atoms with van der Waals surface area (Å²) in [5.74, 6) is -0.478. The molecule has 0 radical (unpaired) electrons. The molecule has 0 aliphatic carbocycles. The molecule has 0 saturated carbocycles. The van der Waals surface area contributed by atoms with Crippen molar-refractivity contribution in [2.45, 2.75) is 34.2 Å². The second kappa shape index (κ2) is 8.95. The maximum Gasteiger partial charge on any atom is 0.254 e. The van der Waals surface area contributed by atoms with Crippen LogP contribution >= 0.6 is 0 Å². The molecule has 1 aromatic heterocycles.